The summed E-state index contributed by atoms with van der Waals surface area (Å²) in [6.07, 6.45) is 4.30. The number of nitrogens with one attached hydrogen (secondary N) is 3. The van der Waals surface area contributed by atoms with Crippen molar-refractivity contribution < 1.29 is 23.2 Å². The first kappa shape index (κ1) is 26.1. The molecule has 3 amide bonds. The molecule has 12 heteroatoms. The molecule has 5 rings (SSSR count). The summed E-state index contributed by atoms with van der Waals surface area (Å²) in [6.45, 7) is 2.14. The Bertz CT molecular complexity index is 1070. The van der Waals surface area contributed by atoms with Gasteiger partial charge in [0.2, 0.25) is 17.7 Å². The summed E-state index contributed by atoms with van der Waals surface area (Å²) in [5.74, 6) is -6.39. The molecule has 1 saturated carbocycles. The Morgan fingerprint density at radius 3 is 2.81 bits per heavy atom. The molecule has 1 aliphatic carbocycles. The summed E-state index contributed by atoms with van der Waals surface area (Å²) >= 11 is 5.96. The average Bonchev–Trinajstić information content (AvgIpc) is 2.83. The lowest BCUT2D eigenvalue weighted by molar-refractivity contribution is -0.194. The van der Waals surface area contributed by atoms with Gasteiger partial charge in [-0.2, -0.15) is 5.26 Å². The van der Waals surface area contributed by atoms with E-state index in [9.17, 15) is 28.4 Å². The minimum absolute atomic E-state index is 0.0823. The molecule has 194 valence electrons. The fourth-order valence-electron chi connectivity index (χ4n) is 5.60. The van der Waals surface area contributed by atoms with Crippen LogP contribution in [0.3, 0.4) is 0 Å². The highest BCUT2D eigenvalue weighted by molar-refractivity contribution is 6.30. The van der Waals surface area contributed by atoms with E-state index in [1.807, 2.05) is 6.07 Å². The van der Waals surface area contributed by atoms with Crippen LogP contribution in [0.15, 0.2) is 18.5 Å². The van der Waals surface area contributed by atoms with Gasteiger partial charge >= 0.3 is 0 Å². The fourth-order valence-corrected chi connectivity index (χ4v) is 5.77. The topological polar surface area (TPSA) is 127 Å². The molecule has 9 nitrogen and oxygen atoms in total. The molecule has 1 aromatic rings. The number of hydrogen-bond donors (Lipinski definition) is 3. The lowest BCUT2D eigenvalue weighted by Gasteiger charge is -2.54. The first-order valence-electron chi connectivity index (χ1n) is 12.2. The van der Waals surface area contributed by atoms with E-state index in [1.54, 1.807) is 13.0 Å². The molecule has 4 fully saturated rings. The number of nitrogens with zero attached hydrogens (tertiary/aromatic N) is 3. The minimum atomic E-state index is -3.11. The first-order valence-corrected chi connectivity index (χ1v) is 12.5. The molecule has 1 aromatic heterocycles. The van der Waals surface area contributed by atoms with Gasteiger partial charge in [0.1, 0.15) is 18.1 Å². The highest BCUT2D eigenvalue weighted by atomic mass is 35.5. The second kappa shape index (κ2) is 10.5. The lowest BCUT2D eigenvalue weighted by atomic mass is 9.71. The first-order chi connectivity index (χ1) is 17.1. The van der Waals surface area contributed by atoms with Crippen LogP contribution >= 0.6 is 11.6 Å². The molecular weight excluding hydrogens is 494 g/mol. The number of aromatic nitrogens is 1. The van der Waals surface area contributed by atoms with Gasteiger partial charge in [0.25, 0.3) is 5.92 Å². The Hall–Kier alpha value is -3.00. The SMILES string of the molecule is C[C@H](Nc1cncc(Cl)c1)C(=O)N1C2CCC(C1C(=O)NC(C#N)CC1CCCNC1=O)C(F)(F)C2. The molecule has 4 heterocycles. The number of nitriles is 1. The van der Waals surface area contributed by atoms with Crippen LogP contribution in [-0.2, 0) is 14.4 Å². The zero-order valence-electron chi connectivity index (χ0n) is 19.8. The number of carbonyl (C=O) groups is 3. The van der Waals surface area contributed by atoms with E-state index in [2.05, 4.69) is 20.9 Å². The van der Waals surface area contributed by atoms with Crippen molar-refractivity contribution in [1.82, 2.24) is 20.5 Å². The summed E-state index contributed by atoms with van der Waals surface area (Å²) < 4.78 is 29.8. The van der Waals surface area contributed by atoms with Gasteiger partial charge in [-0.15, -0.1) is 0 Å². The second-order valence-electron chi connectivity index (χ2n) is 9.81. The highest BCUT2D eigenvalue weighted by Crippen LogP contribution is 2.49. The zero-order valence-corrected chi connectivity index (χ0v) is 20.6. The van der Waals surface area contributed by atoms with Crippen LogP contribution in [-0.4, -0.2) is 64.2 Å². The van der Waals surface area contributed by atoms with Crippen molar-refractivity contribution in [2.24, 2.45) is 11.8 Å². The number of pyridine rings is 1. The third-order valence-electron chi connectivity index (χ3n) is 7.31. The van der Waals surface area contributed by atoms with Crippen molar-refractivity contribution in [1.29, 1.82) is 5.26 Å². The quantitative estimate of drug-likeness (QED) is 0.505. The Kier molecular flexibility index (Phi) is 7.64. The minimum Gasteiger partial charge on any atom is -0.373 e. The Morgan fingerprint density at radius 1 is 1.36 bits per heavy atom. The van der Waals surface area contributed by atoms with Crippen LogP contribution in [0.4, 0.5) is 14.5 Å². The standard InChI is InChI=1S/C24H29ClF2N6O3/c1-13(31-17-8-15(25)11-29-12-17)23(36)33-18-4-5-19(24(26,27)9-18)20(33)22(35)32-16(10-28)7-14-3-2-6-30-21(14)34/h8,11-14,16,18-20,31H,2-7,9H2,1H3,(H,30,34)(H,32,35)/t13-,14?,16?,18?,19?,20?/m0/s1. The molecule has 2 bridgehead atoms. The van der Waals surface area contributed by atoms with Crippen LogP contribution in [0.2, 0.25) is 5.02 Å². The summed E-state index contributed by atoms with van der Waals surface area (Å²) in [5.41, 5.74) is 0.479. The highest BCUT2D eigenvalue weighted by Gasteiger charge is 2.60. The number of amides is 3. The van der Waals surface area contributed by atoms with E-state index in [0.717, 1.165) is 6.42 Å². The van der Waals surface area contributed by atoms with E-state index in [-0.39, 0.29) is 18.7 Å². The normalized spacial score (nSPS) is 28.4. The number of alkyl halides is 2. The predicted octanol–water partition coefficient (Wildman–Crippen LogP) is 2.47. The summed E-state index contributed by atoms with van der Waals surface area (Å²) in [6, 6.07) is -0.547. The fraction of sp³-hybridized carbons (Fsp3) is 0.625. The average molecular weight is 523 g/mol. The molecule has 4 aliphatic rings. The van der Waals surface area contributed by atoms with Crippen molar-refractivity contribution in [3.63, 3.8) is 0 Å². The third kappa shape index (κ3) is 5.38. The van der Waals surface area contributed by atoms with E-state index in [0.29, 0.717) is 30.1 Å². The predicted molar refractivity (Wildman–Crippen MR) is 127 cm³/mol. The lowest BCUT2D eigenvalue weighted by Crippen LogP contribution is -2.70. The van der Waals surface area contributed by atoms with Crippen molar-refractivity contribution in [3.8, 4) is 6.07 Å². The van der Waals surface area contributed by atoms with Gasteiger partial charge in [-0.05, 0) is 45.1 Å². The number of rotatable bonds is 7. The van der Waals surface area contributed by atoms with Crippen LogP contribution in [0.5, 0.6) is 0 Å². The van der Waals surface area contributed by atoms with E-state index < -0.39 is 60.2 Å². The van der Waals surface area contributed by atoms with Crippen LogP contribution in [0.25, 0.3) is 0 Å². The molecule has 0 spiro atoms. The Morgan fingerprint density at radius 2 is 2.14 bits per heavy atom. The molecule has 3 aliphatic heterocycles. The van der Waals surface area contributed by atoms with Crippen molar-refractivity contribution in [2.75, 3.05) is 11.9 Å². The number of anilines is 1. The van der Waals surface area contributed by atoms with E-state index >= 15 is 0 Å². The second-order valence-corrected chi connectivity index (χ2v) is 10.2. The van der Waals surface area contributed by atoms with Crippen molar-refractivity contribution >= 4 is 35.0 Å². The van der Waals surface area contributed by atoms with Gasteiger partial charge in [-0.25, -0.2) is 8.78 Å². The summed E-state index contributed by atoms with van der Waals surface area (Å²) in [7, 11) is 0. The van der Waals surface area contributed by atoms with Gasteiger partial charge in [0, 0.05) is 31.1 Å². The third-order valence-corrected chi connectivity index (χ3v) is 7.52. The van der Waals surface area contributed by atoms with Crippen molar-refractivity contribution in [3.05, 3.63) is 23.5 Å². The molecule has 0 aromatic carbocycles. The molecule has 3 saturated heterocycles. The Labute approximate surface area is 212 Å². The zero-order chi connectivity index (χ0) is 26.0. The summed E-state index contributed by atoms with van der Waals surface area (Å²) in [5, 5.41) is 18.3. The molecule has 5 unspecified atom stereocenters. The molecule has 36 heavy (non-hydrogen) atoms. The van der Waals surface area contributed by atoms with Gasteiger partial charge in [0.05, 0.1) is 28.9 Å². The van der Waals surface area contributed by atoms with Gasteiger partial charge < -0.3 is 20.9 Å². The smallest absolute Gasteiger partial charge is 0.255 e. The molecule has 0 radical (unpaired) electrons. The largest absolute Gasteiger partial charge is 0.373 e. The van der Waals surface area contributed by atoms with Gasteiger partial charge in [-0.3, -0.25) is 19.4 Å². The van der Waals surface area contributed by atoms with Crippen LogP contribution in [0, 0.1) is 23.2 Å². The summed E-state index contributed by atoms with van der Waals surface area (Å²) in [4.78, 5) is 44.2. The van der Waals surface area contributed by atoms with Crippen LogP contribution in [0.1, 0.15) is 45.4 Å². The molecular formula is C24H29ClF2N6O3. The van der Waals surface area contributed by atoms with Gasteiger partial charge in [0.15, 0.2) is 0 Å². The number of carbonyl (C=O) groups excluding carboxylic acids is 3. The molecule has 6 atom stereocenters. The maximum absolute atomic E-state index is 14.9. The number of hydrogen-bond acceptors (Lipinski definition) is 6. The van der Waals surface area contributed by atoms with Gasteiger partial charge in [-0.1, -0.05) is 11.6 Å². The monoisotopic (exact) mass is 522 g/mol. The number of halogens is 3. The van der Waals surface area contributed by atoms with E-state index in [1.165, 1.54) is 17.3 Å². The maximum Gasteiger partial charge on any atom is 0.255 e. The van der Waals surface area contributed by atoms with E-state index in [4.69, 9.17) is 11.6 Å². The maximum atomic E-state index is 14.9. The van der Waals surface area contributed by atoms with Crippen LogP contribution < -0.4 is 16.0 Å². The number of piperidine rings is 3. The van der Waals surface area contributed by atoms with Crippen molar-refractivity contribution in [2.45, 2.75) is 75.5 Å². The Balaban J connectivity index is 1.52. The molecule has 3 N–H and O–H groups in total. The number of fused-ring (bicyclic) bond motifs is 3.